The Bertz CT molecular complexity index is 382. The molecule has 1 aliphatic rings. The van der Waals surface area contributed by atoms with Crippen molar-refractivity contribution in [2.75, 3.05) is 20.3 Å². The van der Waals surface area contributed by atoms with E-state index in [2.05, 4.69) is 5.10 Å². The van der Waals surface area contributed by atoms with Crippen molar-refractivity contribution < 1.29 is 19.4 Å². The number of rotatable bonds is 4. The highest BCUT2D eigenvalue weighted by Crippen LogP contribution is 2.21. The van der Waals surface area contributed by atoms with Crippen LogP contribution in [0.5, 0.6) is 5.75 Å². The van der Waals surface area contributed by atoms with Gasteiger partial charge in [-0.2, -0.15) is 5.10 Å². The van der Waals surface area contributed by atoms with Gasteiger partial charge in [0.1, 0.15) is 0 Å². The Morgan fingerprint density at radius 2 is 2.62 bits per heavy atom. The molecule has 1 atom stereocenters. The monoisotopic (exact) mass is 226 g/mol. The number of hydrogen-bond donors (Lipinski definition) is 1. The lowest BCUT2D eigenvalue weighted by Gasteiger charge is -2.09. The maximum absolute atomic E-state index is 11.1. The number of nitrogens with zero attached hydrogens (tertiary/aromatic N) is 2. The molecule has 6 nitrogen and oxygen atoms in total. The molecular weight excluding hydrogens is 212 g/mol. The zero-order chi connectivity index (χ0) is 11.5. The van der Waals surface area contributed by atoms with Crippen LogP contribution in [-0.4, -0.2) is 41.2 Å². The Hall–Kier alpha value is -1.56. The van der Waals surface area contributed by atoms with Gasteiger partial charge in [-0.3, -0.25) is 4.68 Å². The van der Waals surface area contributed by atoms with Gasteiger partial charge in [0.15, 0.2) is 11.4 Å². The molecule has 0 amide bonds. The van der Waals surface area contributed by atoms with E-state index in [0.717, 1.165) is 13.0 Å². The summed E-state index contributed by atoms with van der Waals surface area (Å²) in [7, 11) is 1.44. The van der Waals surface area contributed by atoms with Crippen molar-refractivity contribution in [2.45, 2.75) is 13.0 Å². The first-order valence-electron chi connectivity index (χ1n) is 5.13. The van der Waals surface area contributed by atoms with E-state index in [9.17, 15) is 4.79 Å². The first-order valence-corrected chi connectivity index (χ1v) is 5.13. The first-order chi connectivity index (χ1) is 7.72. The predicted molar refractivity (Wildman–Crippen MR) is 54.7 cm³/mol. The van der Waals surface area contributed by atoms with Crippen molar-refractivity contribution in [1.29, 1.82) is 0 Å². The third kappa shape index (κ3) is 2.01. The summed E-state index contributed by atoms with van der Waals surface area (Å²) >= 11 is 0. The molecule has 1 fully saturated rings. The summed E-state index contributed by atoms with van der Waals surface area (Å²) in [5, 5.41) is 13.1. The molecule has 1 N–H and O–H groups in total. The molecule has 1 aromatic heterocycles. The van der Waals surface area contributed by atoms with E-state index in [4.69, 9.17) is 14.6 Å². The molecule has 1 aliphatic heterocycles. The maximum atomic E-state index is 11.1. The van der Waals surface area contributed by atoms with Crippen LogP contribution in [-0.2, 0) is 11.3 Å². The summed E-state index contributed by atoms with van der Waals surface area (Å²) in [6.07, 6.45) is 2.38. The molecule has 0 aromatic carbocycles. The number of methoxy groups -OCH3 is 1. The molecule has 1 unspecified atom stereocenters. The zero-order valence-electron chi connectivity index (χ0n) is 9.05. The fraction of sp³-hybridized carbons (Fsp3) is 0.600. The van der Waals surface area contributed by atoms with E-state index >= 15 is 0 Å². The maximum Gasteiger partial charge on any atom is 0.358 e. The molecule has 16 heavy (non-hydrogen) atoms. The van der Waals surface area contributed by atoms with Crippen molar-refractivity contribution >= 4 is 5.97 Å². The lowest BCUT2D eigenvalue weighted by molar-refractivity contribution is 0.0677. The van der Waals surface area contributed by atoms with Crippen molar-refractivity contribution in [3.05, 3.63) is 11.9 Å². The van der Waals surface area contributed by atoms with Gasteiger partial charge in [-0.1, -0.05) is 0 Å². The van der Waals surface area contributed by atoms with Crippen LogP contribution in [0.25, 0.3) is 0 Å². The van der Waals surface area contributed by atoms with Crippen LogP contribution in [0, 0.1) is 5.92 Å². The zero-order valence-corrected chi connectivity index (χ0v) is 9.05. The van der Waals surface area contributed by atoms with Crippen LogP contribution < -0.4 is 4.74 Å². The summed E-state index contributed by atoms with van der Waals surface area (Å²) < 4.78 is 11.7. The summed E-state index contributed by atoms with van der Waals surface area (Å²) in [5.74, 6) is -0.387. The van der Waals surface area contributed by atoms with Gasteiger partial charge in [-0.05, 0) is 6.42 Å². The predicted octanol–water partition coefficient (Wildman–Crippen LogP) is 0.626. The van der Waals surface area contributed by atoms with Gasteiger partial charge in [0.05, 0.1) is 19.9 Å². The Balaban J connectivity index is 2.19. The molecule has 2 rings (SSSR count). The van der Waals surface area contributed by atoms with E-state index in [-0.39, 0.29) is 5.69 Å². The lowest BCUT2D eigenvalue weighted by Crippen LogP contribution is -2.17. The van der Waals surface area contributed by atoms with Crippen molar-refractivity contribution in [2.24, 2.45) is 5.92 Å². The molecule has 0 saturated carbocycles. The Morgan fingerprint density at radius 1 is 1.81 bits per heavy atom. The number of carboxylic acid groups (broad SMARTS) is 1. The molecule has 2 heterocycles. The molecule has 1 aromatic rings. The van der Waals surface area contributed by atoms with Crippen LogP contribution >= 0.6 is 0 Å². The normalized spacial score (nSPS) is 19.9. The van der Waals surface area contributed by atoms with E-state index < -0.39 is 5.97 Å². The van der Waals surface area contributed by atoms with E-state index in [0.29, 0.717) is 24.8 Å². The summed E-state index contributed by atoms with van der Waals surface area (Å²) in [5.41, 5.74) is 0.106. The SMILES string of the molecule is COc1cnn(CC2CCOC2)c1C(=O)O. The number of aromatic nitrogens is 2. The second kappa shape index (κ2) is 4.52. The Morgan fingerprint density at radius 3 is 3.19 bits per heavy atom. The average molecular weight is 226 g/mol. The number of carbonyl (C=O) groups is 1. The van der Waals surface area contributed by atoms with Crippen molar-refractivity contribution in [3.8, 4) is 5.75 Å². The third-order valence-corrected chi connectivity index (χ3v) is 2.68. The van der Waals surface area contributed by atoms with Crippen LogP contribution in [0.15, 0.2) is 6.20 Å². The van der Waals surface area contributed by atoms with Gasteiger partial charge in [-0.25, -0.2) is 4.79 Å². The van der Waals surface area contributed by atoms with Gasteiger partial charge in [0.25, 0.3) is 0 Å². The van der Waals surface area contributed by atoms with Crippen LogP contribution in [0.2, 0.25) is 0 Å². The van der Waals surface area contributed by atoms with E-state index in [1.807, 2.05) is 0 Å². The smallest absolute Gasteiger partial charge is 0.358 e. The molecule has 0 spiro atoms. The minimum absolute atomic E-state index is 0.106. The average Bonchev–Trinajstić information content (AvgIpc) is 2.87. The van der Waals surface area contributed by atoms with Crippen LogP contribution in [0.4, 0.5) is 0 Å². The van der Waals surface area contributed by atoms with E-state index in [1.54, 1.807) is 0 Å². The minimum atomic E-state index is -1.02. The molecule has 1 saturated heterocycles. The minimum Gasteiger partial charge on any atom is -0.493 e. The highest BCUT2D eigenvalue weighted by atomic mass is 16.5. The second-order valence-electron chi connectivity index (χ2n) is 3.78. The number of ether oxygens (including phenoxy) is 2. The van der Waals surface area contributed by atoms with Crippen LogP contribution in [0.1, 0.15) is 16.9 Å². The first kappa shape index (κ1) is 10.9. The Kier molecular flexibility index (Phi) is 3.09. The Labute approximate surface area is 92.8 Å². The summed E-state index contributed by atoms with van der Waals surface area (Å²) in [6, 6.07) is 0. The largest absolute Gasteiger partial charge is 0.493 e. The van der Waals surface area contributed by atoms with Crippen LogP contribution in [0.3, 0.4) is 0 Å². The molecule has 0 bridgehead atoms. The highest BCUT2D eigenvalue weighted by molar-refractivity contribution is 5.88. The second-order valence-corrected chi connectivity index (χ2v) is 3.78. The molecule has 0 radical (unpaired) electrons. The van der Waals surface area contributed by atoms with Gasteiger partial charge >= 0.3 is 5.97 Å². The number of aromatic carboxylic acids is 1. The number of carboxylic acids is 1. The topological polar surface area (TPSA) is 73.6 Å². The molecule has 6 heteroatoms. The van der Waals surface area contributed by atoms with Gasteiger partial charge in [0, 0.05) is 19.1 Å². The fourth-order valence-corrected chi connectivity index (χ4v) is 1.84. The summed E-state index contributed by atoms with van der Waals surface area (Å²) in [6.45, 7) is 1.97. The van der Waals surface area contributed by atoms with Gasteiger partial charge in [-0.15, -0.1) is 0 Å². The third-order valence-electron chi connectivity index (χ3n) is 2.68. The van der Waals surface area contributed by atoms with Crippen molar-refractivity contribution in [3.63, 3.8) is 0 Å². The molecule has 88 valence electrons. The van der Waals surface area contributed by atoms with Crippen molar-refractivity contribution in [1.82, 2.24) is 9.78 Å². The lowest BCUT2D eigenvalue weighted by atomic mass is 10.1. The summed E-state index contributed by atoms with van der Waals surface area (Å²) in [4.78, 5) is 11.1. The van der Waals surface area contributed by atoms with Gasteiger partial charge in [0.2, 0.25) is 0 Å². The van der Waals surface area contributed by atoms with E-state index in [1.165, 1.54) is 18.0 Å². The molecule has 0 aliphatic carbocycles. The standard InChI is InChI=1S/C10H14N2O4/c1-15-8-4-11-12(9(8)10(13)14)5-7-2-3-16-6-7/h4,7H,2-3,5-6H2,1H3,(H,13,14). The van der Waals surface area contributed by atoms with Gasteiger partial charge < -0.3 is 14.6 Å². The number of hydrogen-bond acceptors (Lipinski definition) is 4. The highest BCUT2D eigenvalue weighted by Gasteiger charge is 2.23. The molecular formula is C10H14N2O4. The fourth-order valence-electron chi connectivity index (χ4n) is 1.84. The quantitative estimate of drug-likeness (QED) is 0.815.